The maximum Gasteiger partial charge on any atom is 0.328 e. The van der Waals surface area contributed by atoms with E-state index in [4.69, 9.17) is 5.73 Å². The SMILES string of the molecule is CSCCC(NC(=O)C(Cc1c[nH]c2ccccc12)NC(=O)C(N)Cc1ccc(O)cc1)C(=O)NC(CO)C(=O)O. The van der Waals surface area contributed by atoms with Crippen LogP contribution in [0.4, 0.5) is 0 Å². The van der Waals surface area contributed by atoms with Crippen LogP contribution in [-0.2, 0) is 32.0 Å². The Kier molecular flexibility index (Phi) is 11.6. The molecule has 0 fully saturated rings. The van der Waals surface area contributed by atoms with Crippen molar-refractivity contribution in [2.24, 2.45) is 5.73 Å². The van der Waals surface area contributed by atoms with Gasteiger partial charge in [0.1, 0.15) is 23.9 Å². The zero-order valence-corrected chi connectivity index (χ0v) is 23.3. The standard InChI is InChI=1S/C28H35N5O7S/c1-41-11-10-22(26(37)33-24(15-34)28(39)40)31-27(38)23(13-17-14-30-21-5-3-2-4-19(17)21)32-25(36)20(29)12-16-6-8-18(35)9-7-16/h2-9,14,20,22-24,30,34-35H,10-13,15,29H2,1H3,(H,31,38)(H,32,36)(H,33,37)(H,39,40). The fourth-order valence-electron chi connectivity index (χ4n) is 4.22. The van der Waals surface area contributed by atoms with E-state index in [2.05, 4.69) is 20.9 Å². The average molecular weight is 586 g/mol. The second kappa shape index (κ2) is 15.1. The number of H-pyrrole nitrogens is 1. The van der Waals surface area contributed by atoms with E-state index in [0.29, 0.717) is 11.3 Å². The minimum Gasteiger partial charge on any atom is -0.508 e. The fraction of sp³-hybridized carbons (Fsp3) is 0.357. The molecule has 9 N–H and O–H groups in total. The Morgan fingerprint density at radius 1 is 0.902 bits per heavy atom. The number of carboxylic acid groups (broad SMARTS) is 1. The first-order chi connectivity index (χ1) is 19.6. The maximum atomic E-state index is 13.6. The molecule has 0 saturated heterocycles. The van der Waals surface area contributed by atoms with Gasteiger partial charge in [0.2, 0.25) is 17.7 Å². The van der Waals surface area contributed by atoms with Crippen molar-refractivity contribution in [3.8, 4) is 5.75 Å². The summed E-state index contributed by atoms with van der Waals surface area (Å²) in [5.74, 6) is -2.87. The Balaban J connectivity index is 1.81. The van der Waals surface area contributed by atoms with Gasteiger partial charge in [0, 0.05) is 23.5 Å². The van der Waals surface area contributed by atoms with Crippen LogP contribution >= 0.6 is 11.8 Å². The number of benzene rings is 2. The van der Waals surface area contributed by atoms with Gasteiger partial charge in [-0.1, -0.05) is 30.3 Å². The first-order valence-electron chi connectivity index (χ1n) is 12.9. The molecule has 3 aromatic rings. The van der Waals surface area contributed by atoms with Gasteiger partial charge in [-0.25, -0.2) is 4.79 Å². The highest BCUT2D eigenvalue weighted by Crippen LogP contribution is 2.19. The molecule has 1 heterocycles. The molecule has 0 aliphatic heterocycles. The molecule has 3 amide bonds. The third-order valence-electron chi connectivity index (χ3n) is 6.50. The van der Waals surface area contributed by atoms with Gasteiger partial charge in [0.05, 0.1) is 12.6 Å². The van der Waals surface area contributed by atoms with Crippen LogP contribution in [0, 0.1) is 0 Å². The van der Waals surface area contributed by atoms with Crippen LogP contribution in [0.1, 0.15) is 17.5 Å². The van der Waals surface area contributed by atoms with Crippen LogP contribution in [0.2, 0.25) is 0 Å². The number of aromatic hydroxyl groups is 1. The highest BCUT2D eigenvalue weighted by molar-refractivity contribution is 7.98. The molecular formula is C28H35N5O7S. The number of nitrogens with two attached hydrogens (primary N) is 1. The summed E-state index contributed by atoms with van der Waals surface area (Å²) in [6, 6.07) is 8.96. The number of aliphatic hydroxyl groups excluding tert-OH is 1. The molecule has 0 bridgehead atoms. The van der Waals surface area contributed by atoms with Crippen molar-refractivity contribution in [3.05, 3.63) is 65.9 Å². The van der Waals surface area contributed by atoms with Crippen LogP contribution in [0.25, 0.3) is 10.9 Å². The normalized spacial score (nSPS) is 14.0. The van der Waals surface area contributed by atoms with Gasteiger partial charge in [-0.05, 0) is 54.2 Å². The Hall–Kier alpha value is -4.07. The molecule has 3 rings (SSSR count). The minimum absolute atomic E-state index is 0.0796. The number of thioether (sulfide) groups is 1. The molecule has 13 heteroatoms. The smallest absolute Gasteiger partial charge is 0.328 e. The third kappa shape index (κ3) is 8.96. The molecule has 4 atom stereocenters. The van der Waals surface area contributed by atoms with E-state index in [0.717, 1.165) is 16.5 Å². The number of aliphatic hydroxyl groups is 1. The summed E-state index contributed by atoms with van der Waals surface area (Å²) in [5.41, 5.74) is 8.47. The van der Waals surface area contributed by atoms with Crippen molar-refractivity contribution in [3.63, 3.8) is 0 Å². The van der Waals surface area contributed by atoms with Gasteiger partial charge in [0.25, 0.3) is 0 Å². The number of aliphatic carboxylic acids is 1. The van der Waals surface area contributed by atoms with Crippen LogP contribution in [-0.4, -0.2) is 86.8 Å². The molecule has 41 heavy (non-hydrogen) atoms. The number of carbonyl (C=O) groups is 4. The van der Waals surface area contributed by atoms with Gasteiger partial charge in [-0.15, -0.1) is 0 Å². The number of para-hydroxylation sites is 1. The lowest BCUT2D eigenvalue weighted by atomic mass is 10.0. The number of hydrogen-bond acceptors (Lipinski definition) is 8. The Bertz CT molecular complexity index is 1350. The molecule has 0 spiro atoms. The van der Waals surface area contributed by atoms with Crippen LogP contribution < -0.4 is 21.7 Å². The summed E-state index contributed by atoms with van der Waals surface area (Å²) in [4.78, 5) is 54.0. The van der Waals surface area contributed by atoms with Crippen molar-refractivity contribution in [2.45, 2.75) is 43.4 Å². The van der Waals surface area contributed by atoms with Gasteiger partial charge < -0.3 is 42.0 Å². The second-order valence-electron chi connectivity index (χ2n) is 9.53. The van der Waals surface area contributed by atoms with Crippen molar-refractivity contribution in [2.75, 3.05) is 18.6 Å². The van der Waals surface area contributed by atoms with E-state index in [1.807, 2.05) is 30.5 Å². The largest absolute Gasteiger partial charge is 0.508 e. The van der Waals surface area contributed by atoms with Crippen molar-refractivity contribution >= 4 is 46.4 Å². The molecule has 2 aromatic carbocycles. The first kappa shape index (κ1) is 31.5. The maximum absolute atomic E-state index is 13.6. The molecule has 1 aromatic heterocycles. The number of hydrogen-bond donors (Lipinski definition) is 8. The van der Waals surface area contributed by atoms with Gasteiger partial charge in [-0.3, -0.25) is 14.4 Å². The first-order valence-corrected chi connectivity index (χ1v) is 14.3. The van der Waals surface area contributed by atoms with Crippen molar-refractivity contribution < 1.29 is 34.5 Å². The predicted molar refractivity (Wildman–Crippen MR) is 155 cm³/mol. The molecule has 220 valence electrons. The van der Waals surface area contributed by atoms with Crippen molar-refractivity contribution in [1.82, 2.24) is 20.9 Å². The lowest BCUT2D eigenvalue weighted by molar-refractivity contribution is -0.143. The Morgan fingerprint density at radius 3 is 2.20 bits per heavy atom. The number of nitrogens with one attached hydrogen (secondary N) is 4. The quantitative estimate of drug-likeness (QED) is 0.123. The summed E-state index contributed by atoms with van der Waals surface area (Å²) in [6.45, 7) is -0.817. The van der Waals surface area contributed by atoms with E-state index in [1.165, 1.54) is 23.9 Å². The zero-order valence-electron chi connectivity index (χ0n) is 22.5. The number of aromatic amines is 1. The summed E-state index contributed by atoms with van der Waals surface area (Å²) < 4.78 is 0. The van der Waals surface area contributed by atoms with Gasteiger partial charge >= 0.3 is 5.97 Å². The highest BCUT2D eigenvalue weighted by Gasteiger charge is 2.30. The van der Waals surface area contributed by atoms with E-state index >= 15 is 0 Å². The summed E-state index contributed by atoms with van der Waals surface area (Å²) >= 11 is 1.43. The predicted octanol–water partition coefficient (Wildman–Crippen LogP) is 0.270. The second-order valence-corrected chi connectivity index (χ2v) is 10.5. The Morgan fingerprint density at radius 2 is 1.54 bits per heavy atom. The number of fused-ring (bicyclic) bond motifs is 1. The number of amides is 3. The summed E-state index contributed by atoms with van der Waals surface area (Å²) in [7, 11) is 0. The van der Waals surface area contributed by atoms with Crippen LogP contribution in [0.15, 0.2) is 54.7 Å². The lowest BCUT2D eigenvalue weighted by Gasteiger charge is -2.25. The highest BCUT2D eigenvalue weighted by atomic mass is 32.2. The molecule has 0 radical (unpaired) electrons. The lowest BCUT2D eigenvalue weighted by Crippen LogP contribution is -2.58. The van der Waals surface area contributed by atoms with E-state index in [9.17, 15) is 34.5 Å². The van der Waals surface area contributed by atoms with E-state index in [1.54, 1.807) is 18.3 Å². The van der Waals surface area contributed by atoms with E-state index in [-0.39, 0.29) is 25.0 Å². The number of carbonyl (C=O) groups excluding carboxylic acids is 3. The number of phenolic OH excluding ortho intramolecular Hbond substituents is 1. The van der Waals surface area contributed by atoms with Crippen LogP contribution in [0.3, 0.4) is 0 Å². The topological polar surface area (TPSA) is 207 Å². The Labute approximate surface area is 241 Å². The molecule has 0 saturated carbocycles. The molecular weight excluding hydrogens is 550 g/mol. The van der Waals surface area contributed by atoms with E-state index < -0.39 is 54.5 Å². The van der Waals surface area contributed by atoms with Gasteiger partial charge in [-0.2, -0.15) is 11.8 Å². The number of phenols is 1. The fourth-order valence-corrected chi connectivity index (χ4v) is 4.69. The average Bonchev–Trinajstić information content (AvgIpc) is 3.36. The number of aromatic nitrogens is 1. The summed E-state index contributed by atoms with van der Waals surface area (Å²) in [6.07, 6.45) is 3.98. The molecule has 0 aliphatic rings. The zero-order chi connectivity index (χ0) is 29.9. The molecule has 0 aliphatic carbocycles. The molecule has 12 nitrogen and oxygen atoms in total. The monoisotopic (exact) mass is 585 g/mol. The minimum atomic E-state index is -1.53. The summed E-state index contributed by atoms with van der Waals surface area (Å²) in [5, 5.41) is 36.5. The third-order valence-corrected chi connectivity index (χ3v) is 7.15. The molecule has 4 unspecified atom stereocenters. The number of rotatable bonds is 15. The van der Waals surface area contributed by atoms with Gasteiger partial charge in [0.15, 0.2) is 0 Å². The van der Waals surface area contributed by atoms with Crippen molar-refractivity contribution in [1.29, 1.82) is 0 Å². The number of carboxylic acids is 1. The van der Waals surface area contributed by atoms with Crippen LogP contribution in [0.5, 0.6) is 5.75 Å².